The lowest BCUT2D eigenvalue weighted by atomic mass is 10.0. The molecule has 6 nitrogen and oxygen atoms in total. The number of rotatable bonds is 4. The first-order chi connectivity index (χ1) is 13.1. The van der Waals surface area contributed by atoms with E-state index in [1.807, 2.05) is 0 Å². The Kier molecular flexibility index (Phi) is 4.81. The second-order valence-electron chi connectivity index (χ2n) is 6.99. The van der Waals surface area contributed by atoms with Crippen LogP contribution < -0.4 is 10.9 Å². The number of phenols is 1. The molecule has 0 bridgehead atoms. The maximum Gasteiger partial charge on any atom is 0.344 e. The van der Waals surface area contributed by atoms with Gasteiger partial charge in [0.1, 0.15) is 11.3 Å². The van der Waals surface area contributed by atoms with Gasteiger partial charge in [0.05, 0.1) is 5.39 Å². The van der Waals surface area contributed by atoms with Crippen LogP contribution in [0.3, 0.4) is 0 Å². The molecule has 3 aromatic rings. The third kappa shape index (κ3) is 3.66. The molecule has 0 saturated carbocycles. The molecule has 140 valence electrons. The van der Waals surface area contributed by atoms with Crippen molar-refractivity contribution < 1.29 is 14.3 Å². The number of carbonyl (C=O) groups excluding carboxylic acids is 1. The number of aromatic hydroxyl groups is 1. The number of piperidine rings is 1. The molecule has 1 fully saturated rings. The van der Waals surface area contributed by atoms with Gasteiger partial charge in [-0.1, -0.05) is 12.5 Å². The lowest BCUT2D eigenvalue weighted by Crippen LogP contribution is -2.37. The van der Waals surface area contributed by atoms with Crippen molar-refractivity contribution in [1.29, 1.82) is 0 Å². The summed E-state index contributed by atoms with van der Waals surface area (Å²) in [4.78, 5) is 27.1. The van der Waals surface area contributed by atoms with Crippen molar-refractivity contribution in [2.75, 3.05) is 26.2 Å². The molecule has 1 aliphatic heterocycles. The Morgan fingerprint density at radius 2 is 1.81 bits per heavy atom. The number of benzene rings is 2. The zero-order valence-electron chi connectivity index (χ0n) is 15.0. The quantitative estimate of drug-likeness (QED) is 0.548. The third-order valence-electron chi connectivity index (χ3n) is 5.12. The Morgan fingerprint density at radius 3 is 2.63 bits per heavy atom. The molecule has 2 N–H and O–H groups in total. The second-order valence-corrected chi connectivity index (χ2v) is 6.99. The van der Waals surface area contributed by atoms with E-state index in [-0.39, 0.29) is 11.7 Å². The molecule has 1 aliphatic rings. The summed E-state index contributed by atoms with van der Waals surface area (Å²) in [7, 11) is 0. The highest BCUT2D eigenvalue weighted by Crippen LogP contribution is 2.26. The van der Waals surface area contributed by atoms with E-state index >= 15 is 0 Å². The second kappa shape index (κ2) is 7.40. The molecule has 0 aliphatic carbocycles. The van der Waals surface area contributed by atoms with E-state index < -0.39 is 5.63 Å². The number of phenolic OH excluding ortho intramolecular Hbond substituents is 1. The van der Waals surface area contributed by atoms with Crippen LogP contribution in [0.5, 0.6) is 5.75 Å². The molecule has 0 unspecified atom stereocenters. The highest BCUT2D eigenvalue weighted by atomic mass is 16.4. The van der Waals surface area contributed by atoms with Crippen molar-refractivity contribution in [3.63, 3.8) is 0 Å². The number of hydrogen-bond donors (Lipinski definition) is 2. The maximum atomic E-state index is 12.5. The number of nitrogens with one attached hydrogen (secondary N) is 1. The van der Waals surface area contributed by atoms with Crippen LogP contribution in [0.1, 0.15) is 29.6 Å². The molecular formula is C21H22N2O4. The van der Waals surface area contributed by atoms with Gasteiger partial charge >= 0.3 is 5.63 Å². The fourth-order valence-corrected chi connectivity index (χ4v) is 3.67. The normalized spacial score (nSPS) is 15.3. The summed E-state index contributed by atoms with van der Waals surface area (Å²) in [6.45, 7) is 3.61. The summed E-state index contributed by atoms with van der Waals surface area (Å²) >= 11 is 0. The van der Waals surface area contributed by atoms with Crippen LogP contribution in [-0.2, 0) is 0 Å². The van der Waals surface area contributed by atoms with Crippen LogP contribution in [0.25, 0.3) is 21.7 Å². The van der Waals surface area contributed by atoms with Crippen LogP contribution in [0.15, 0.2) is 45.6 Å². The third-order valence-corrected chi connectivity index (χ3v) is 5.12. The van der Waals surface area contributed by atoms with E-state index in [0.717, 1.165) is 25.0 Å². The fourth-order valence-electron chi connectivity index (χ4n) is 3.67. The van der Waals surface area contributed by atoms with E-state index in [4.69, 9.17) is 4.42 Å². The molecule has 1 amide bonds. The van der Waals surface area contributed by atoms with E-state index in [1.54, 1.807) is 30.3 Å². The van der Waals surface area contributed by atoms with Gasteiger partial charge in [0, 0.05) is 30.1 Å². The Balaban J connectivity index is 1.54. The Morgan fingerprint density at radius 1 is 1.04 bits per heavy atom. The lowest BCUT2D eigenvalue weighted by Gasteiger charge is -2.26. The van der Waals surface area contributed by atoms with Gasteiger partial charge in [0.2, 0.25) is 0 Å². The number of nitrogens with zero attached hydrogens (tertiary/aromatic N) is 1. The van der Waals surface area contributed by atoms with Crippen LogP contribution in [0, 0.1) is 0 Å². The monoisotopic (exact) mass is 366 g/mol. The first-order valence-corrected chi connectivity index (χ1v) is 9.32. The van der Waals surface area contributed by atoms with E-state index in [2.05, 4.69) is 10.2 Å². The van der Waals surface area contributed by atoms with E-state index in [9.17, 15) is 14.7 Å². The van der Waals surface area contributed by atoms with Gasteiger partial charge in [-0.3, -0.25) is 4.79 Å². The van der Waals surface area contributed by atoms with Crippen molar-refractivity contribution in [3.05, 3.63) is 52.4 Å². The summed E-state index contributed by atoms with van der Waals surface area (Å²) in [5, 5.41) is 14.3. The topological polar surface area (TPSA) is 82.8 Å². The molecule has 6 heteroatoms. The van der Waals surface area contributed by atoms with Crippen LogP contribution in [-0.4, -0.2) is 42.1 Å². The van der Waals surface area contributed by atoms with Gasteiger partial charge in [-0.15, -0.1) is 0 Å². The van der Waals surface area contributed by atoms with Gasteiger partial charge < -0.3 is 19.7 Å². The lowest BCUT2D eigenvalue weighted by molar-refractivity contribution is 0.0946. The Hall–Kier alpha value is -2.86. The molecule has 4 rings (SSSR count). The highest BCUT2D eigenvalue weighted by Gasteiger charge is 2.13. The molecule has 1 aromatic heterocycles. The molecule has 0 atom stereocenters. The number of likely N-dealkylation sites (tertiary alicyclic amines) is 1. The molecule has 1 saturated heterocycles. The van der Waals surface area contributed by atoms with Gasteiger partial charge in [-0.05, 0) is 55.6 Å². The predicted octanol–water partition coefficient (Wildman–Crippen LogP) is 2.87. The largest absolute Gasteiger partial charge is 0.508 e. The summed E-state index contributed by atoms with van der Waals surface area (Å²) < 4.78 is 5.30. The predicted molar refractivity (Wildman–Crippen MR) is 104 cm³/mol. The average Bonchev–Trinajstić information content (AvgIpc) is 2.68. The van der Waals surface area contributed by atoms with Gasteiger partial charge in [0.25, 0.3) is 5.91 Å². The minimum absolute atomic E-state index is 0.0368. The summed E-state index contributed by atoms with van der Waals surface area (Å²) in [5.41, 5.74) is 0.240. The first-order valence-electron chi connectivity index (χ1n) is 9.32. The zero-order chi connectivity index (χ0) is 18.8. The zero-order valence-corrected chi connectivity index (χ0v) is 15.0. The summed E-state index contributed by atoms with van der Waals surface area (Å²) in [6.07, 6.45) is 3.73. The van der Waals surface area contributed by atoms with Crippen LogP contribution in [0.2, 0.25) is 0 Å². The van der Waals surface area contributed by atoms with Crippen molar-refractivity contribution >= 4 is 27.6 Å². The van der Waals surface area contributed by atoms with Crippen LogP contribution >= 0.6 is 0 Å². The van der Waals surface area contributed by atoms with Crippen molar-refractivity contribution in [3.8, 4) is 5.75 Å². The van der Waals surface area contributed by atoms with E-state index in [1.165, 1.54) is 25.3 Å². The molecule has 0 spiro atoms. The Bertz CT molecular complexity index is 1050. The SMILES string of the molecule is O=C(NCCN1CCCCC1)c1ccc2c(c1)c(=O)oc1cc(O)ccc12. The summed E-state index contributed by atoms with van der Waals surface area (Å²) in [6, 6.07) is 9.70. The maximum absolute atomic E-state index is 12.5. The van der Waals surface area contributed by atoms with E-state index in [0.29, 0.717) is 28.5 Å². The summed E-state index contributed by atoms with van der Waals surface area (Å²) in [5.74, 6) is -0.159. The fraction of sp³-hybridized carbons (Fsp3) is 0.333. The molecular weight excluding hydrogens is 344 g/mol. The number of hydrogen-bond acceptors (Lipinski definition) is 5. The van der Waals surface area contributed by atoms with Gasteiger partial charge in [0.15, 0.2) is 0 Å². The molecule has 2 heterocycles. The average molecular weight is 366 g/mol. The standard InChI is InChI=1S/C21H22N2O4/c24-15-5-7-17-16-6-4-14(12-18(16)21(26)27-19(17)13-15)20(25)22-8-11-23-9-2-1-3-10-23/h4-7,12-13,24H,1-3,8-11H2,(H,22,25). The number of carbonyl (C=O) groups is 1. The minimum atomic E-state index is -0.522. The number of fused-ring (bicyclic) bond motifs is 3. The molecule has 27 heavy (non-hydrogen) atoms. The van der Waals surface area contributed by atoms with Gasteiger partial charge in [-0.2, -0.15) is 0 Å². The molecule has 2 aromatic carbocycles. The van der Waals surface area contributed by atoms with Crippen molar-refractivity contribution in [2.45, 2.75) is 19.3 Å². The van der Waals surface area contributed by atoms with Crippen molar-refractivity contribution in [1.82, 2.24) is 10.2 Å². The minimum Gasteiger partial charge on any atom is -0.508 e. The number of amides is 1. The van der Waals surface area contributed by atoms with Crippen molar-refractivity contribution in [2.24, 2.45) is 0 Å². The smallest absolute Gasteiger partial charge is 0.344 e. The first kappa shape index (κ1) is 17.5. The highest BCUT2D eigenvalue weighted by molar-refractivity contribution is 6.07. The molecule has 0 radical (unpaired) electrons. The van der Waals surface area contributed by atoms with Crippen LogP contribution in [0.4, 0.5) is 0 Å². The Labute approximate surface area is 156 Å². The van der Waals surface area contributed by atoms with Gasteiger partial charge in [-0.25, -0.2) is 4.79 Å².